The summed E-state index contributed by atoms with van der Waals surface area (Å²) in [6.45, 7) is 9.74. The van der Waals surface area contributed by atoms with Crippen LogP contribution in [-0.2, 0) is 0 Å². The maximum absolute atomic E-state index is 10.1. The van der Waals surface area contributed by atoms with Crippen molar-refractivity contribution < 1.29 is 5.11 Å². The molecule has 1 nitrogen and oxygen atoms in total. The second kappa shape index (κ2) is 5.73. The van der Waals surface area contributed by atoms with E-state index in [1.807, 2.05) is 0 Å². The van der Waals surface area contributed by atoms with Gasteiger partial charge in [-0.1, -0.05) is 37.1 Å². The quantitative estimate of drug-likeness (QED) is 0.595. The fourth-order valence-corrected chi connectivity index (χ4v) is 7.59. The number of hydrogen-bond donors (Lipinski definition) is 1. The first kappa shape index (κ1) is 16.9. The molecule has 0 spiro atoms. The standard InChI is InChI=1S/C23H36O/c1-5-15(2)19-8-9-20-18-7-6-16-14-17(24)10-12-22(16,3)21(18)11-13-23(19,20)4/h5-6,17-21,24H,7-14H2,1-4H3/b15-5+/t17-,18-,19+,20-,21-,22-,23+/m0/s1. The average molecular weight is 329 g/mol. The van der Waals surface area contributed by atoms with Crippen LogP contribution in [0.1, 0.15) is 79.1 Å². The molecule has 134 valence electrons. The Bertz CT molecular complexity index is 573. The number of fused-ring (bicyclic) bond motifs is 5. The van der Waals surface area contributed by atoms with E-state index in [2.05, 4.69) is 39.8 Å². The smallest absolute Gasteiger partial charge is 0.0577 e. The zero-order valence-corrected chi connectivity index (χ0v) is 16.1. The van der Waals surface area contributed by atoms with Crippen LogP contribution in [0.4, 0.5) is 0 Å². The van der Waals surface area contributed by atoms with Crippen molar-refractivity contribution >= 4 is 0 Å². The van der Waals surface area contributed by atoms with Crippen molar-refractivity contribution in [1.82, 2.24) is 0 Å². The van der Waals surface area contributed by atoms with Gasteiger partial charge in [0.15, 0.2) is 0 Å². The molecule has 4 aliphatic rings. The lowest BCUT2D eigenvalue weighted by molar-refractivity contribution is -0.0454. The topological polar surface area (TPSA) is 20.2 Å². The number of aliphatic hydroxyl groups is 1. The molecule has 1 N–H and O–H groups in total. The first-order valence-electron chi connectivity index (χ1n) is 10.4. The van der Waals surface area contributed by atoms with Crippen LogP contribution in [-0.4, -0.2) is 11.2 Å². The van der Waals surface area contributed by atoms with E-state index in [0.717, 1.165) is 36.5 Å². The Morgan fingerprint density at radius 3 is 2.67 bits per heavy atom. The second-order valence-corrected chi connectivity index (χ2v) is 9.86. The monoisotopic (exact) mass is 328 g/mol. The molecule has 4 aliphatic carbocycles. The summed E-state index contributed by atoms with van der Waals surface area (Å²) in [5, 5.41) is 10.1. The molecule has 3 saturated carbocycles. The number of hydrogen-bond acceptors (Lipinski definition) is 1. The number of allylic oxidation sites excluding steroid dienone is 3. The molecule has 0 aromatic carbocycles. The van der Waals surface area contributed by atoms with Crippen LogP contribution in [0.3, 0.4) is 0 Å². The molecular formula is C23H36O. The van der Waals surface area contributed by atoms with Gasteiger partial charge in [0, 0.05) is 0 Å². The maximum Gasteiger partial charge on any atom is 0.0577 e. The largest absolute Gasteiger partial charge is 0.393 e. The number of rotatable bonds is 1. The summed E-state index contributed by atoms with van der Waals surface area (Å²) in [5.74, 6) is 3.49. The lowest BCUT2D eigenvalue weighted by Crippen LogP contribution is -2.50. The first-order chi connectivity index (χ1) is 11.4. The van der Waals surface area contributed by atoms with Gasteiger partial charge in [-0.05, 0) is 99.7 Å². The minimum Gasteiger partial charge on any atom is -0.393 e. The molecule has 0 bridgehead atoms. The molecule has 0 aliphatic heterocycles. The van der Waals surface area contributed by atoms with Crippen LogP contribution < -0.4 is 0 Å². The number of aliphatic hydroxyl groups excluding tert-OH is 1. The Morgan fingerprint density at radius 2 is 1.92 bits per heavy atom. The third-order valence-corrected chi connectivity index (χ3v) is 9.08. The van der Waals surface area contributed by atoms with Gasteiger partial charge >= 0.3 is 0 Å². The van der Waals surface area contributed by atoms with Crippen molar-refractivity contribution in [3.63, 3.8) is 0 Å². The van der Waals surface area contributed by atoms with E-state index in [1.54, 1.807) is 11.1 Å². The van der Waals surface area contributed by atoms with E-state index in [9.17, 15) is 5.11 Å². The van der Waals surface area contributed by atoms with Crippen molar-refractivity contribution in [2.45, 2.75) is 85.2 Å². The van der Waals surface area contributed by atoms with E-state index in [0.29, 0.717) is 10.8 Å². The van der Waals surface area contributed by atoms with E-state index in [-0.39, 0.29) is 6.10 Å². The molecule has 0 unspecified atom stereocenters. The first-order valence-corrected chi connectivity index (χ1v) is 10.4. The van der Waals surface area contributed by atoms with Crippen LogP contribution in [0.25, 0.3) is 0 Å². The van der Waals surface area contributed by atoms with Gasteiger partial charge in [-0.15, -0.1) is 0 Å². The van der Waals surface area contributed by atoms with Crippen molar-refractivity contribution in [3.8, 4) is 0 Å². The summed E-state index contributed by atoms with van der Waals surface area (Å²) in [4.78, 5) is 0. The van der Waals surface area contributed by atoms with Gasteiger partial charge in [0.1, 0.15) is 0 Å². The summed E-state index contributed by atoms with van der Waals surface area (Å²) < 4.78 is 0. The van der Waals surface area contributed by atoms with Crippen LogP contribution >= 0.6 is 0 Å². The van der Waals surface area contributed by atoms with Gasteiger partial charge in [-0.25, -0.2) is 0 Å². The summed E-state index contributed by atoms with van der Waals surface area (Å²) in [7, 11) is 0. The van der Waals surface area contributed by atoms with Gasteiger partial charge in [0.05, 0.1) is 6.10 Å². The molecule has 0 heterocycles. The van der Waals surface area contributed by atoms with Crippen molar-refractivity contribution in [2.24, 2.45) is 34.5 Å². The Kier molecular flexibility index (Phi) is 4.03. The Hall–Kier alpha value is -0.560. The fourth-order valence-electron chi connectivity index (χ4n) is 7.59. The van der Waals surface area contributed by atoms with Crippen molar-refractivity contribution in [1.29, 1.82) is 0 Å². The summed E-state index contributed by atoms with van der Waals surface area (Å²) in [6.07, 6.45) is 15.0. The summed E-state index contributed by atoms with van der Waals surface area (Å²) in [6, 6.07) is 0. The summed E-state index contributed by atoms with van der Waals surface area (Å²) in [5.41, 5.74) is 4.16. The maximum atomic E-state index is 10.1. The normalized spacial score (nSPS) is 51.5. The van der Waals surface area contributed by atoms with Gasteiger partial charge in [0.2, 0.25) is 0 Å². The van der Waals surface area contributed by atoms with E-state index in [1.165, 1.54) is 38.5 Å². The Morgan fingerprint density at radius 1 is 1.12 bits per heavy atom. The van der Waals surface area contributed by atoms with E-state index >= 15 is 0 Å². The van der Waals surface area contributed by atoms with E-state index < -0.39 is 0 Å². The zero-order valence-electron chi connectivity index (χ0n) is 16.1. The highest BCUT2D eigenvalue weighted by molar-refractivity contribution is 5.26. The lowest BCUT2D eigenvalue weighted by Gasteiger charge is -2.58. The third-order valence-electron chi connectivity index (χ3n) is 9.08. The predicted octanol–water partition coefficient (Wildman–Crippen LogP) is 5.89. The SMILES string of the molecule is C/C=C(\C)[C@H]1CC[C@H]2[C@@H]3CC=C4C[C@@H](O)CC[C@]4(C)[C@H]3CC[C@]12C. The lowest BCUT2D eigenvalue weighted by atomic mass is 9.47. The molecule has 0 saturated heterocycles. The minimum absolute atomic E-state index is 0.0806. The second-order valence-electron chi connectivity index (χ2n) is 9.86. The van der Waals surface area contributed by atoms with E-state index in [4.69, 9.17) is 0 Å². The van der Waals surface area contributed by atoms with Crippen LogP contribution in [0, 0.1) is 34.5 Å². The van der Waals surface area contributed by atoms with Crippen molar-refractivity contribution in [2.75, 3.05) is 0 Å². The highest BCUT2D eigenvalue weighted by atomic mass is 16.3. The van der Waals surface area contributed by atoms with Gasteiger partial charge in [-0.2, -0.15) is 0 Å². The molecular weight excluding hydrogens is 292 g/mol. The van der Waals surface area contributed by atoms with Crippen LogP contribution in [0.15, 0.2) is 23.3 Å². The molecule has 0 aromatic rings. The van der Waals surface area contributed by atoms with Crippen LogP contribution in [0.2, 0.25) is 0 Å². The zero-order chi connectivity index (χ0) is 17.1. The predicted molar refractivity (Wildman–Crippen MR) is 101 cm³/mol. The van der Waals surface area contributed by atoms with Crippen LogP contribution in [0.5, 0.6) is 0 Å². The fraction of sp³-hybridized carbons (Fsp3) is 0.826. The Labute approximate surface area is 148 Å². The molecule has 7 atom stereocenters. The Balaban J connectivity index is 1.65. The van der Waals surface area contributed by atoms with Gasteiger partial charge in [0.25, 0.3) is 0 Å². The molecule has 24 heavy (non-hydrogen) atoms. The average Bonchev–Trinajstić information content (AvgIpc) is 2.92. The summed E-state index contributed by atoms with van der Waals surface area (Å²) >= 11 is 0. The molecule has 1 heteroatoms. The van der Waals surface area contributed by atoms with Gasteiger partial charge in [-0.3, -0.25) is 0 Å². The molecule has 4 rings (SSSR count). The highest BCUT2D eigenvalue weighted by Crippen LogP contribution is 2.67. The van der Waals surface area contributed by atoms with Gasteiger partial charge < -0.3 is 5.11 Å². The molecule has 3 fully saturated rings. The highest BCUT2D eigenvalue weighted by Gasteiger charge is 2.58. The molecule has 0 aromatic heterocycles. The minimum atomic E-state index is -0.0806. The van der Waals surface area contributed by atoms with Crippen molar-refractivity contribution in [3.05, 3.63) is 23.3 Å². The third kappa shape index (κ3) is 2.23. The molecule has 0 radical (unpaired) electrons. The molecule has 0 amide bonds.